The molecule has 3 atom stereocenters. The van der Waals surface area contributed by atoms with Gasteiger partial charge in [0.2, 0.25) is 5.91 Å². The first-order chi connectivity index (χ1) is 10.8. The molecular formula is C15H20ClN3O4. The van der Waals surface area contributed by atoms with E-state index in [2.05, 4.69) is 5.32 Å². The molecule has 0 spiro atoms. The fourth-order valence-electron chi connectivity index (χ4n) is 2.66. The molecule has 1 aromatic rings. The Bertz CT molecular complexity index is 600. The molecule has 1 amide bonds. The molecule has 1 fully saturated rings. The number of nitrogens with zero attached hydrogens (tertiary/aromatic N) is 2. The van der Waals surface area contributed by atoms with E-state index in [-0.39, 0.29) is 34.9 Å². The van der Waals surface area contributed by atoms with E-state index in [9.17, 15) is 14.9 Å². The Kier molecular flexibility index (Phi) is 5.56. The van der Waals surface area contributed by atoms with E-state index in [1.807, 2.05) is 25.7 Å². The first-order valence-corrected chi connectivity index (χ1v) is 7.80. The van der Waals surface area contributed by atoms with Crippen molar-refractivity contribution in [3.63, 3.8) is 0 Å². The molecule has 0 bridgehead atoms. The van der Waals surface area contributed by atoms with Gasteiger partial charge in [-0.1, -0.05) is 11.6 Å². The first kappa shape index (κ1) is 17.7. The fourth-order valence-corrected chi connectivity index (χ4v) is 2.88. The van der Waals surface area contributed by atoms with Crippen LogP contribution < -0.4 is 5.32 Å². The maximum atomic E-state index is 12.4. The number of anilines is 1. The number of ether oxygens (including phenoxy) is 1. The third-order valence-corrected chi connectivity index (χ3v) is 4.11. The van der Waals surface area contributed by atoms with Crippen LogP contribution in [0, 0.1) is 10.1 Å². The van der Waals surface area contributed by atoms with Crippen LogP contribution in [-0.4, -0.2) is 47.1 Å². The first-order valence-electron chi connectivity index (χ1n) is 7.42. The average Bonchev–Trinajstić information content (AvgIpc) is 2.47. The molecule has 8 heteroatoms. The number of benzene rings is 1. The lowest BCUT2D eigenvalue weighted by molar-refractivity contribution is -0.384. The third kappa shape index (κ3) is 4.40. The number of hydrogen-bond acceptors (Lipinski definition) is 5. The molecule has 23 heavy (non-hydrogen) atoms. The van der Waals surface area contributed by atoms with Gasteiger partial charge >= 0.3 is 0 Å². The molecule has 0 aromatic heterocycles. The van der Waals surface area contributed by atoms with Crippen molar-refractivity contribution in [3.8, 4) is 0 Å². The van der Waals surface area contributed by atoms with Gasteiger partial charge in [0, 0.05) is 25.2 Å². The molecule has 0 aliphatic carbocycles. The summed E-state index contributed by atoms with van der Waals surface area (Å²) in [4.78, 5) is 24.6. The van der Waals surface area contributed by atoms with Gasteiger partial charge < -0.3 is 10.1 Å². The summed E-state index contributed by atoms with van der Waals surface area (Å²) < 4.78 is 5.66. The van der Waals surface area contributed by atoms with Crippen molar-refractivity contribution in [2.24, 2.45) is 0 Å². The summed E-state index contributed by atoms with van der Waals surface area (Å²) in [6.07, 6.45) is 0.133. The molecule has 0 saturated carbocycles. The van der Waals surface area contributed by atoms with Gasteiger partial charge in [0.15, 0.2) is 0 Å². The van der Waals surface area contributed by atoms with Crippen LogP contribution in [0.5, 0.6) is 0 Å². The summed E-state index contributed by atoms with van der Waals surface area (Å²) in [7, 11) is 0. The van der Waals surface area contributed by atoms with E-state index in [4.69, 9.17) is 16.3 Å². The molecule has 7 nitrogen and oxygen atoms in total. The summed E-state index contributed by atoms with van der Waals surface area (Å²) in [6, 6.07) is 3.62. The Morgan fingerprint density at radius 3 is 2.57 bits per heavy atom. The number of nitro benzene ring substituents is 1. The highest BCUT2D eigenvalue weighted by Gasteiger charge is 2.29. The number of amides is 1. The molecule has 3 unspecified atom stereocenters. The summed E-state index contributed by atoms with van der Waals surface area (Å²) in [6.45, 7) is 7.11. The van der Waals surface area contributed by atoms with E-state index in [1.54, 1.807) is 0 Å². The Morgan fingerprint density at radius 2 is 2.04 bits per heavy atom. The summed E-state index contributed by atoms with van der Waals surface area (Å²) in [5.41, 5.74) is 0.250. The number of carbonyl (C=O) groups excluding carboxylic acids is 1. The Hall–Kier alpha value is -1.70. The largest absolute Gasteiger partial charge is 0.373 e. The normalized spacial score (nSPS) is 23.3. The number of rotatable bonds is 4. The number of nitrogens with one attached hydrogen (secondary N) is 1. The van der Waals surface area contributed by atoms with Crippen LogP contribution in [0.4, 0.5) is 11.4 Å². The van der Waals surface area contributed by atoms with Crippen molar-refractivity contribution in [2.45, 2.75) is 39.0 Å². The Balaban J connectivity index is 2.05. The zero-order valence-corrected chi connectivity index (χ0v) is 14.0. The number of morpholine rings is 1. The molecule has 1 saturated heterocycles. The molecule has 126 valence electrons. The lowest BCUT2D eigenvalue weighted by Gasteiger charge is -2.38. The van der Waals surface area contributed by atoms with Gasteiger partial charge in [-0.25, -0.2) is 0 Å². The van der Waals surface area contributed by atoms with Gasteiger partial charge in [-0.3, -0.25) is 19.8 Å². The summed E-state index contributed by atoms with van der Waals surface area (Å²) in [5.74, 6) is -0.206. The summed E-state index contributed by atoms with van der Waals surface area (Å²) >= 11 is 6.00. The molecule has 1 aromatic carbocycles. The standard InChI is InChI=1S/C15H20ClN3O4/c1-9-7-18(8-10(2)23-9)11(3)15(20)17-14-5-4-12(19(21)22)6-13(14)16/h4-6,9-11H,7-8H2,1-3H3,(H,17,20). The van der Waals surface area contributed by atoms with Crippen molar-refractivity contribution in [1.82, 2.24) is 4.90 Å². The fraction of sp³-hybridized carbons (Fsp3) is 0.533. The van der Waals surface area contributed by atoms with Crippen LogP contribution in [-0.2, 0) is 9.53 Å². The van der Waals surface area contributed by atoms with E-state index in [0.29, 0.717) is 18.8 Å². The number of hydrogen-bond donors (Lipinski definition) is 1. The van der Waals surface area contributed by atoms with Crippen molar-refractivity contribution in [3.05, 3.63) is 33.3 Å². The van der Waals surface area contributed by atoms with Crippen molar-refractivity contribution >= 4 is 28.9 Å². The minimum atomic E-state index is -0.531. The minimum Gasteiger partial charge on any atom is -0.373 e. The van der Waals surface area contributed by atoms with Crippen LogP contribution >= 0.6 is 11.6 Å². The van der Waals surface area contributed by atoms with Gasteiger partial charge in [0.25, 0.3) is 5.69 Å². The maximum Gasteiger partial charge on any atom is 0.271 e. The monoisotopic (exact) mass is 341 g/mol. The second-order valence-electron chi connectivity index (χ2n) is 5.80. The lowest BCUT2D eigenvalue weighted by Crippen LogP contribution is -2.52. The van der Waals surface area contributed by atoms with Crippen LogP contribution in [0.1, 0.15) is 20.8 Å². The molecule has 1 N–H and O–H groups in total. The number of nitro groups is 1. The van der Waals surface area contributed by atoms with Crippen molar-refractivity contribution < 1.29 is 14.5 Å². The second-order valence-corrected chi connectivity index (χ2v) is 6.20. The topological polar surface area (TPSA) is 84.7 Å². The average molecular weight is 342 g/mol. The van der Waals surface area contributed by atoms with Gasteiger partial charge in [-0.05, 0) is 26.8 Å². The summed E-state index contributed by atoms with van der Waals surface area (Å²) in [5, 5.41) is 13.6. The number of carbonyl (C=O) groups is 1. The van der Waals surface area contributed by atoms with E-state index in [1.165, 1.54) is 18.2 Å². The quantitative estimate of drug-likeness (QED) is 0.672. The Labute approximate surface area is 139 Å². The number of halogens is 1. The minimum absolute atomic E-state index is 0.0666. The highest BCUT2D eigenvalue weighted by molar-refractivity contribution is 6.34. The third-order valence-electron chi connectivity index (χ3n) is 3.80. The highest BCUT2D eigenvalue weighted by atomic mass is 35.5. The van der Waals surface area contributed by atoms with Crippen LogP contribution in [0.2, 0.25) is 5.02 Å². The van der Waals surface area contributed by atoms with Gasteiger partial charge in [0.05, 0.1) is 33.9 Å². The molecule has 0 radical (unpaired) electrons. The molecule has 1 aliphatic heterocycles. The van der Waals surface area contributed by atoms with Crippen LogP contribution in [0.15, 0.2) is 18.2 Å². The smallest absolute Gasteiger partial charge is 0.271 e. The highest BCUT2D eigenvalue weighted by Crippen LogP contribution is 2.27. The molecular weight excluding hydrogens is 322 g/mol. The molecule has 2 rings (SSSR count). The van der Waals surface area contributed by atoms with E-state index < -0.39 is 4.92 Å². The predicted octanol–water partition coefficient (Wildman–Crippen LogP) is 2.68. The maximum absolute atomic E-state index is 12.4. The predicted molar refractivity (Wildman–Crippen MR) is 87.8 cm³/mol. The second kappa shape index (κ2) is 7.25. The van der Waals surface area contributed by atoms with Gasteiger partial charge in [0.1, 0.15) is 0 Å². The van der Waals surface area contributed by atoms with Crippen molar-refractivity contribution in [2.75, 3.05) is 18.4 Å². The van der Waals surface area contributed by atoms with Crippen LogP contribution in [0.25, 0.3) is 0 Å². The van der Waals surface area contributed by atoms with Gasteiger partial charge in [-0.15, -0.1) is 0 Å². The van der Waals surface area contributed by atoms with Gasteiger partial charge in [-0.2, -0.15) is 0 Å². The molecule has 1 aliphatic rings. The van der Waals surface area contributed by atoms with E-state index >= 15 is 0 Å². The van der Waals surface area contributed by atoms with Crippen LogP contribution in [0.3, 0.4) is 0 Å². The molecule has 1 heterocycles. The Morgan fingerprint density at radius 1 is 1.43 bits per heavy atom. The SMILES string of the molecule is CC1CN(C(C)C(=O)Nc2ccc([N+](=O)[O-])cc2Cl)CC(C)O1. The van der Waals surface area contributed by atoms with E-state index in [0.717, 1.165) is 0 Å². The number of non-ortho nitro benzene ring substituents is 1. The zero-order chi connectivity index (χ0) is 17.1. The van der Waals surface area contributed by atoms with Crippen molar-refractivity contribution in [1.29, 1.82) is 0 Å². The zero-order valence-electron chi connectivity index (χ0n) is 13.3. The lowest BCUT2D eigenvalue weighted by atomic mass is 10.1.